The van der Waals surface area contributed by atoms with Gasteiger partial charge in [-0.2, -0.15) is 5.10 Å². The van der Waals surface area contributed by atoms with Gasteiger partial charge in [-0.15, -0.1) is 0 Å². The summed E-state index contributed by atoms with van der Waals surface area (Å²) in [6.45, 7) is 8.43. The summed E-state index contributed by atoms with van der Waals surface area (Å²) in [5, 5.41) is 18.3. The summed E-state index contributed by atoms with van der Waals surface area (Å²) in [7, 11) is 0. The first kappa shape index (κ1) is 22.8. The van der Waals surface area contributed by atoms with Crippen molar-refractivity contribution in [1.82, 2.24) is 15.1 Å². The predicted octanol–water partition coefficient (Wildman–Crippen LogP) is 6.41. The summed E-state index contributed by atoms with van der Waals surface area (Å²) in [5.74, 6) is 0.0503. The summed E-state index contributed by atoms with van der Waals surface area (Å²) in [6.07, 6.45) is 0. The molecule has 0 radical (unpaired) electrons. The van der Waals surface area contributed by atoms with Crippen LogP contribution < -0.4 is 0 Å². The van der Waals surface area contributed by atoms with Crippen LogP contribution in [0, 0.1) is 19.7 Å². The maximum absolute atomic E-state index is 13.6. The second-order valence-corrected chi connectivity index (χ2v) is 9.62. The second kappa shape index (κ2) is 8.69. The van der Waals surface area contributed by atoms with Crippen molar-refractivity contribution in [3.63, 3.8) is 0 Å². The number of aryl methyl sites for hydroxylation is 2. The van der Waals surface area contributed by atoms with Crippen LogP contribution >= 0.6 is 0 Å². The Hall–Kier alpha value is -3.93. The van der Waals surface area contributed by atoms with E-state index in [-0.39, 0.29) is 17.5 Å². The molecule has 1 aliphatic rings. The number of hydrogen-bond donors (Lipinski definition) is 2. The minimum Gasteiger partial charge on any atom is -0.507 e. The summed E-state index contributed by atoms with van der Waals surface area (Å²) in [6, 6.07) is 17.9. The Morgan fingerprint density at radius 1 is 1.06 bits per heavy atom. The third-order valence-electron chi connectivity index (χ3n) is 6.75. The number of rotatable bonds is 5. The summed E-state index contributed by atoms with van der Waals surface area (Å²) < 4.78 is 13.5. The molecule has 1 aliphatic heterocycles. The number of nitrogens with one attached hydrogen (secondary N) is 1. The largest absolute Gasteiger partial charge is 0.507 e. The van der Waals surface area contributed by atoms with Gasteiger partial charge < -0.3 is 10.0 Å². The van der Waals surface area contributed by atoms with Crippen molar-refractivity contribution in [2.45, 2.75) is 46.2 Å². The van der Waals surface area contributed by atoms with E-state index in [1.165, 1.54) is 17.7 Å². The monoisotopic (exact) mass is 469 g/mol. The van der Waals surface area contributed by atoms with Crippen molar-refractivity contribution in [2.75, 3.05) is 0 Å². The van der Waals surface area contributed by atoms with E-state index in [4.69, 9.17) is 0 Å². The Morgan fingerprint density at radius 3 is 2.40 bits per heavy atom. The van der Waals surface area contributed by atoms with E-state index in [1.54, 1.807) is 17.0 Å². The molecule has 2 heterocycles. The van der Waals surface area contributed by atoms with Gasteiger partial charge >= 0.3 is 0 Å². The summed E-state index contributed by atoms with van der Waals surface area (Å²) in [5.41, 5.74) is 7.07. The van der Waals surface area contributed by atoms with Crippen LogP contribution in [0.25, 0.3) is 11.3 Å². The van der Waals surface area contributed by atoms with Crippen LogP contribution in [0.15, 0.2) is 60.7 Å². The molecule has 0 fully saturated rings. The van der Waals surface area contributed by atoms with Gasteiger partial charge in [0.2, 0.25) is 0 Å². The number of benzene rings is 3. The van der Waals surface area contributed by atoms with E-state index in [1.807, 2.05) is 26.0 Å². The lowest BCUT2D eigenvalue weighted by Crippen LogP contribution is -2.29. The number of halogens is 1. The molecule has 4 aromatic rings. The van der Waals surface area contributed by atoms with Crippen LogP contribution in [0.3, 0.4) is 0 Å². The van der Waals surface area contributed by atoms with E-state index >= 15 is 0 Å². The standard InChI is InChI=1S/C29H28FN3O2/c1-16(2)20-7-9-21(10-8-20)27-24-25(23-14-17(3)13-18(4)28(23)34)31-32-26(24)29(35)33(27)15-19-5-11-22(30)12-6-19/h5-14,16,27,34H,15H2,1-4H3,(H,31,32). The van der Waals surface area contributed by atoms with Crippen LogP contribution in [0.2, 0.25) is 0 Å². The zero-order valence-electron chi connectivity index (χ0n) is 20.3. The molecule has 0 spiro atoms. The highest BCUT2D eigenvalue weighted by atomic mass is 19.1. The second-order valence-electron chi connectivity index (χ2n) is 9.62. The summed E-state index contributed by atoms with van der Waals surface area (Å²) in [4.78, 5) is 15.4. The molecule has 0 saturated carbocycles. The lowest BCUT2D eigenvalue weighted by atomic mass is 9.92. The predicted molar refractivity (Wildman–Crippen MR) is 134 cm³/mol. The molecule has 0 saturated heterocycles. The lowest BCUT2D eigenvalue weighted by molar-refractivity contribution is 0.0730. The number of H-pyrrole nitrogens is 1. The molecule has 1 atom stereocenters. The van der Waals surface area contributed by atoms with Crippen molar-refractivity contribution >= 4 is 5.91 Å². The maximum Gasteiger partial charge on any atom is 0.273 e. The van der Waals surface area contributed by atoms with Gasteiger partial charge in [-0.25, -0.2) is 4.39 Å². The third kappa shape index (κ3) is 3.99. The Labute approximate surface area is 204 Å². The average molecular weight is 470 g/mol. The summed E-state index contributed by atoms with van der Waals surface area (Å²) >= 11 is 0. The van der Waals surface area contributed by atoms with Gasteiger partial charge in [0.25, 0.3) is 5.91 Å². The smallest absolute Gasteiger partial charge is 0.273 e. The number of fused-ring (bicyclic) bond motifs is 1. The molecule has 0 bridgehead atoms. The number of aromatic amines is 1. The number of nitrogens with zero attached hydrogens (tertiary/aromatic N) is 2. The molecule has 1 amide bonds. The van der Waals surface area contributed by atoms with Crippen molar-refractivity contribution in [1.29, 1.82) is 0 Å². The SMILES string of the molecule is Cc1cc(C)c(O)c(-c2n[nH]c3c2C(c2ccc(C(C)C)cc2)N(Cc2ccc(F)cc2)C3=O)c1. The Balaban J connectivity index is 1.67. The van der Waals surface area contributed by atoms with E-state index in [9.17, 15) is 14.3 Å². The van der Waals surface area contributed by atoms with Crippen LogP contribution in [0.5, 0.6) is 5.75 Å². The Bertz CT molecular complexity index is 1410. The van der Waals surface area contributed by atoms with E-state index < -0.39 is 6.04 Å². The third-order valence-corrected chi connectivity index (χ3v) is 6.75. The molecular weight excluding hydrogens is 441 g/mol. The number of phenols is 1. The fourth-order valence-corrected chi connectivity index (χ4v) is 4.90. The molecule has 1 unspecified atom stereocenters. The van der Waals surface area contributed by atoms with Crippen LogP contribution in [-0.4, -0.2) is 26.1 Å². The maximum atomic E-state index is 13.6. The topological polar surface area (TPSA) is 69.2 Å². The Morgan fingerprint density at radius 2 is 1.74 bits per heavy atom. The molecule has 178 valence electrons. The minimum atomic E-state index is -0.405. The van der Waals surface area contributed by atoms with Crippen molar-refractivity contribution in [3.8, 4) is 17.0 Å². The normalized spacial score (nSPS) is 15.2. The number of carbonyl (C=O) groups is 1. The fraction of sp³-hybridized carbons (Fsp3) is 0.241. The molecule has 35 heavy (non-hydrogen) atoms. The zero-order chi connectivity index (χ0) is 24.9. The van der Waals surface area contributed by atoms with Crippen LogP contribution in [-0.2, 0) is 6.54 Å². The van der Waals surface area contributed by atoms with E-state index in [0.717, 1.165) is 27.8 Å². The molecule has 5 nitrogen and oxygen atoms in total. The van der Waals surface area contributed by atoms with Gasteiger partial charge in [0, 0.05) is 17.7 Å². The fourth-order valence-electron chi connectivity index (χ4n) is 4.90. The Kier molecular flexibility index (Phi) is 5.67. The molecular formula is C29H28FN3O2. The molecule has 0 aliphatic carbocycles. The zero-order valence-corrected chi connectivity index (χ0v) is 20.3. The lowest BCUT2D eigenvalue weighted by Gasteiger charge is -2.27. The number of aromatic hydroxyl groups is 1. The first-order valence-corrected chi connectivity index (χ1v) is 11.8. The quantitative estimate of drug-likeness (QED) is 0.355. The van der Waals surface area contributed by atoms with Crippen LogP contribution in [0.4, 0.5) is 4.39 Å². The number of carbonyl (C=O) groups excluding carboxylic acids is 1. The molecule has 3 aromatic carbocycles. The number of aromatic nitrogens is 2. The first-order valence-electron chi connectivity index (χ1n) is 11.8. The van der Waals surface area contributed by atoms with Gasteiger partial charge in [-0.05, 0) is 65.8 Å². The van der Waals surface area contributed by atoms with Gasteiger partial charge in [-0.1, -0.05) is 56.3 Å². The van der Waals surface area contributed by atoms with Gasteiger partial charge in [0.05, 0.1) is 6.04 Å². The van der Waals surface area contributed by atoms with E-state index in [2.05, 4.69) is 48.3 Å². The first-order chi connectivity index (χ1) is 16.7. The number of amides is 1. The highest BCUT2D eigenvalue weighted by molar-refractivity contribution is 6.00. The van der Waals surface area contributed by atoms with Crippen molar-refractivity contribution < 1.29 is 14.3 Å². The van der Waals surface area contributed by atoms with Crippen molar-refractivity contribution in [2.24, 2.45) is 0 Å². The van der Waals surface area contributed by atoms with Crippen LogP contribution in [0.1, 0.15) is 69.7 Å². The number of hydrogen-bond acceptors (Lipinski definition) is 3. The average Bonchev–Trinajstić information content (AvgIpc) is 3.37. The molecule has 2 N–H and O–H groups in total. The highest BCUT2D eigenvalue weighted by Crippen LogP contribution is 2.46. The van der Waals surface area contributed by atoms with Gasteiger partial charge in [0.1, 0.15) is 23.0 Å². The molecule has 5 rings (SSSR count). The van der Waals surface area contributed by atoms with Crippen molar-refractivity contribution in [3.05, 3.63) is 106 Å². The van der Waals surface area contributed by atoms with E-state index in [0.29, 0.717) is 29.4 Å². The van der Waals surface area contributed by atoms with Gasteiger partial charge in [0.15, 0.2) is 0 Å². The molecule has 1 aromatic heterocycles. The number of phenolic OH excluding ortho intramolecular Hbond substituents is 1. The highest BCUT2D eigenvalue weighted by Gasteiger charge is 2.42. The van der Waals surface area contributed by atoms with Gasteiger partial charge in [-0.3, -0.25) is 9.89 Å². The minimum absolute atomic E-state index is 0.156. The molecule has 6 heteroatoms.